The van der Waals surface area contributed by atoms with Gasteiger partial charge < -0.3 is 16.2 Å². The summed E-state index contributed by atoms with van der Waals surface area (Å²) in [5.74, 6) is -1.44. The van der Waals surface area contributed by atoms with Crippen LogP contribution < -0.4 is 21.8 Å². The first-order valence-electron chi connectivity index (χ1n) is 9.34. The number of ether oxygens (including phenoxy) is 1. The summed E-state index contributed by atoms with van der Waals surface area (Å²) in [5.41, 5.74) is 10.2. The van der Waals surface area contributed by atoms with Crippen LogP contribution in [0.4, 0.5) is 14.6 Å². The molecule has 0 saturated carbocycles. The molecule has 0 aliphatic rings. The molecule has 4 rings (SSSR count). The molecule has 9 heteroatoms. The molecule has 4 aromatic rings. The van der Waals surface area contributed by atoms with E-state index in [1.165, 1.54) is 60.9 Å². The molecule has 2 aromatic heterocycles. The first-order chi connectivity index (χ1) is 15.3. The Hall–Kier alpha value is -4.53. The number of anilines is 1. The highest BCUT2D eigenvalue weighted by Gasteiger charge is 2.20. The van der Waals surface area contributed by atoms with Crippen molar-refractivity contribution in [3.8, 4) is 28.3 Å². The number of hydrogen-bond donors (Lipinski definition) is 2. The van der Waals surface area contributed by atoms with Crippen molar-refractivity contribution < 1.29 is 18.3 Å². The summed E-state index contributed by atoms with van der Waals surface area (Å²) in [6, 6.07) is 13.5. The van der Waals surface area contributed by atoms with Gasteiger partial charge in [0.05, 0.1) is 0 Å². The molecule has 2 heterocycles. The summed E-state index contributed by atoms with van der Waals surface area (Å²) >= 11 is 0. The largest absolute Gasteiger partial charge is 0.457 e. The molecule has 0 saturated heterocycles. The predicted molar refractivity (Wildman–Crippen MR) is 115 cm³/mol. The number of nitrogens with zero attached hydrogens (tertiary/aromatic N) is 2. The van der Waals surface area contributed by atoms with Crippen LogP contribution in [0.2, 0.25) is 0 Å². The summed E-state index contributed by atoms with van der Waals surface area (Å²) in [6.07, 6.45) is 2.81. The number of nitrogen functional groups attached to an aromatic ring is 1. The molecule has 0 aliphatic heterocycles. The standard InChI is InChI=1S/C23H16F2N4O3/c24-13-1-3-14(4-2-13)29-10-8-18(21(22(27)30)23(29)31)17-6-5-15(11-19(17)25)32-16-7-9-28-20(26)12-16/h1-12H,(H2,26,28)(H2,27,30). The van der Waals surface area contributed by atoms with Gasteiger partial charge >= 0.3 is 0 Å². The molecule has 4 N–H and O–H groups in total. The number of benzene rings is 2. The van der Waals surface area contributed by atoms with Crippen molar-refractivity contribution in [1.82, 2.24) is 9.55 Å². The predicted octanol–water partition coefficient (Wildman–Crippen LogP) is 3.65. The lowest BCUT2D eigenvalue weighted by Gasteiger charge is -2.13. The molecular weight excluding hydrogens is 418 g/mol. The molecule has 0 unspecified atom stereocenters. The fraction of sp³-hybridized carbons (Fsp3) is 0. The second-order valence-corrected chi connectivity index (χ2v) is 6.78. The van der Waals surface area contributed by atoms with Gasteiger partial charge in [-0.2, -0.15) is 0 Å². The van der Waals surface area contributed by atoms with Gasteiger partial charge in [-0.25, -0.2) is 13.8 Å². The Morgan fingerprint density at radius 1 is 0.938 bits per heavy atom. The van der Waals surface area contributed by atoms with E-state index in [1.54, 1.807) is 6.07 Å². The number of carbonyl (C=O) groups excluding carboxylic acids is 1. The van der Waals surface area contributed by atoms with Crippen molar-refractivity contribution in [3.05, 3.63) is 101 Å². The van der Waals surface area contributed by atoms with Crippen molar-refractivity contribution in [1.29, 1.82) is 0 Å². The maximum Gasteiger partial charge on any atom is 0.268 e. The van der Waals surface area contributed by atoms with Crippen LogP contribution in [0.25, 0.3) is 16.8 Å². The van der Waals surface area contributed by atoms with E-state index in [-0.39, 0.29) is 22.7 Å². The molecule has 7 nitrogen and oxygen atoms in total. The van der Waals surface area contributed by atoms with Gasteiger partial charge in [0.15, 0.2) is 0 Å². The van der Waals surface area contributed by atoms with Crippen LogP contribution in [0.15, 0.2) is 77.9 Å². The maximum absolute atomic E-state index is 14.9. The number of primary amides is 1. The van der Waals surface area contributed by atoms with Crippen LogP contribution >= 0.6 is 0 Å². The SMILES string of the molecule is NC(=O)c1c(-c2ccc(Oc3ccnc(N)c3)cc2F)ccn(-c2ccc(F)cc2)c1=O. The highest BCUT2D eigenvalue weighted by molar-refractivity contribution is 5.99. The third-order valence-electron chi connectivity index (χ3n) is 4.66. The van der Waals surface area contributed by atoms with E-state index < -0.39 is 28.7 Å². The van der Waals surface area contributed by atoms with Crippen molar-refractivity contribution in [2.45, 2.75) is 0 Å². The zero-order valence-electron chi connectivity index (χ0n) is 16.5. The van der Waals surface area contributed by atoms with Crippen LogP contribution in [0.3, 0.4) is 0 Å². The van der Waals surface area contributed by atoms with Gasteiger partial charge in [-0.1, -0.05) is 0 Å². The van der Waals surface area contributed by atoms with E-state index in [1.807, 2.05) is 0 Å². The summed E-state index contributed by atoms with van der Waals surface area (Å²) in [6.45, 7) is 0. The van der Waals surface area contributed by atoms with Crippen LogP contribution in [0.5, 0.6) is 11.5 Å². The number of halogens is 2. The summed E-state index contributed by atoms with van der Waals surface area (Å²) in [7, 11) is 0. The Kier molecular flexibility index (Phi) is 5.38. The number of nitrogens with two attached hydrogens (primary N) is 2. The van der Waals surface area contributed by atoms with Crippen LogP contribution in [0, 0.1) is 11.6 Å². The second-order valence-electron chi connectivity index (χ2n) is 6.78. The molecule has 0 bridgehead atoms. The fourth-order valence-corrected chi connectivity index (χ4v) is 3.21. The number of aromatic nitrogens is 2. The lowest BCUT2D eigenvalue weighted by Crippen LogP contribution is -2.29. The summed E-state index contributed by atoms with van der Waals surface area (Å²) < 4.78 is 34.9. The molecule has 32 heavy (non-hydrogen) atoms. The highest BCUT2D eigenvalue weighted by Crippen LogP contribution is 2.30. The molecular formula is C23H16F2N4O3. The van der Waals surface area contributed by atoms with Gasteiger partial charge in [0.1, 0.15) is 34.5 Å². The number of amides is 1. The Morgan fingerprint density at radius 2 is 1.66 bits per heavy atom. The molecule has 0 spiro atoms. The number of hydrogen-bond acceptors (Lipinski definition) is 5. The van der Waals surface area contributed by atoms with Gasteiger partial charge in [-0.15, -0.1) is 0 Å². The van der Waals surface area contributed by atoms with E-state index >= 15 is 0 Å². The van der Waals surface area contributed by atoms with Crippen molar-refractivity contribution in [2.75, 3.05) is 5.73 Å². The van der Waals surface area contributed by atoms with Crippen LogP contribution in [-0.2, 0) is 0 Å². The normalized spacial score (nSPS) is 10.7. The Bertz CT molecular complexity index is 1390. The fourth-order valence-electron chi connectivity index (χ4n) is 3.21. The second kappa shape index (κ2) is 8.31. The molecule has 160 valence electrons. The van der Waals surface area contributed by atoms with Gasteiger partial charge in [0.25, 0.3) is 11.5 Å². The average molecular weight is 434 g/mol. The van der Waals surface area contributed by atoms with Crippen molar-refractivity contribution in [2.24, 2.45) is 5.73 Å². The van der Waals surface area contributed by atoms with Gasteiger partial charge in [0.2, 0.25) is 0 Å². The maximum atomic E-state index is 14.9. The number of pyridine rings is 2. The van der Waals surface area contributed by atoms with E-state index in [0.29, 0.717) is 11.4 Å². The summed E-state index contributed by atoms with van der Waals surface area (Å²) in [4.78, 5) is 28.9. The first-order valence-corrected chi connectivity index (χ1v) is 9.34. The minimum absolute atomic E-state index is 0.0104. The smallest absolute Gasteiger partial charge is 0.268 e. The van der Waals surface area contributed by atoms with Crippen LogP contribution in [-0.4, -0.2) is 15.5 Å². The van der Waals surface area contributed by atoms with Crippen LogP contribution in [0.1, 0.15) is 10.4 Å². The first kappa shape index (κ1) is 20.7. The molecule has 0 fully saturated rings. The zero-order chi connectivity index (χ0) is 22.8. The lowest BCUT2D eigenvalue weighted by molar-refractivity contribution is 0.0999. The number of carbonyl (C=O) groups is 1. The van der Waals surface area contributed by atoms with Gasteiger partial charge in [-0.3, -0.25) is 14.2 Å². The minimum atomic E-state index is -1.02. The topological polar surface area (TPSA) is 113 Å². The average Bonchev–Trinajstić information content (AvgIpc) is 2.74. The quantitative estimate of drug-likeness (QED) is 0.498. The Balaban J connectivity index is 1.76. The highest BCUT2D eigenvalue weighted by atomic mass is 19.1. The monoisotopic (exact) mass is 434 g/mol. The zero-order valence-corrected chi connectivity index (χ0v) is 16.5. The van der Waals surface area contributed by atoms with Crippen molar-refractivity contribution >= 4 is 11.7 Å². The molecule has 2 aromatic carbocycles. The third-order valence-corrected chi connectivity index (χ3v) is 4.66. The van der Waals surface area contributed by atoms with E-state index in [4.69, 9.17) is 16.2 Å². The minimum Gasteiger partial charge on any atom is -0.457 e. The van der Waals surface area contributed by atoms with E-state index in [9.17, 15) is 18.4 Å². The lowest BCUT2D eigenvalue weighted by atomic mass is 10.00. The molecule has 0 atom stereocenters. The van der Waals surface area contributed by atoms with Gasteiger partial charge in [-0.05, 0) is 48.5 Å². The third kappa shape index (κ3) is 4.04. The summed E-state index contributed by atoms with van der Waals surface area (Å²) in [5, 5.41) is 0. The molecule has 0 radical (unpaired) electrons. The Labute approximate surface area is 180 Å². The molecule has 0 aliphatic carbocycles. The number of rotatable bonds is 5. The van der Waals surface area contributed by atoms with Crippen molar-refractivity contribution in [3.63, 3.8) is 0 Å². The van der Waals surface area contributed by atoms with E-state index in [0.717, 1.165) is 10.6 Å². The van der Waals surface area contributed by atoms with E-state index in [2.05, 4.69) is 4.98 Å². The molecule has 1 amide bonds. The van der Waals surface area contributed by atoms with Gasteiger partial charge in [0, 0.05) is 41.3 Å². The Morgan fingerprint density at radius 3 is 2.31 bits per heavy atom.